The highest BCUT2D eigenvalue weighted by Gasteiger charge is 2.27. The molecule has 2 aliphatic carbocycles. The summed E-state index contributed by atoms with van der Waals surface area (Å²) in [6, 6.07) is 0. The van der Waals surface area contributed by atoms with Crippen molar-refractivity contribution < 1.29 is 4.79 Å². The molecule has 0 bridgehead atoms. The summed E-state index contributed by atoms with van der Waals surface area (Å²) in [5.41, 5.74) is 8.58. The molecule has 2 N–H and O–H groups in total. The van der Waals surface area contributed by atoms with Gasteiger partial charge in [0.1, 0.15) is 5.82 Å². The zero-order valence-corrected chi connectivity index (χ0v) is 19.5. The summed E-state index contributed by atoms with van der Waals surface area (Å²) in [7, 11) is 0. The van der Waals surface area contributed by atoms with Crippen LogP contribution >= 0.6 is 0 Å². The maximum absolute atomic E-state index is 13.3. The Hall–Kier alpha value is -1.32. The van der Waals surface area contributed by atoms with Gasteiger partial charge in [0.05, 0.1) is 5.69 Å². The summed E-state index contributed by atoms with van der Waals surface area (Å²) in [6.45, 7) is 2.28. The van der Waals surface area contributed by atoms with Gasteiger partial charge in [-0.2, -0.15) is 9.78 Å². The molecule has 1 heterocycles. The topological polar surface area (TPSA) is 60.9 Å². The average Bonchev–Trinajstić information content (AvgIpc) is 3.11. The van der Waals surface area contributed by atoms with Crippen LogP contribution in [0, 0.1) is 11.8 Å². The van der Waals surface area contributed by atoms with Crippen LogP contribution in [0.25, 0.3) is 0 Å². The molecule has 4 nitrogen and oxygen atoms in total. The lowest BCUT2D eigenvalue weighted by molar-refractivity contribution is 0.0797. The smallest absolute Gasteiger partial charge is 0.251 e. The molecule has 1 unspecified atom stereocenters. The summed E-state index contributed by atoms with van der Waals surface area (Å²) in [5.74, 6) is 1.76. The number of hydrogen-bond donors (Lipinski definition) is 1. The van der Waals surface area contributed by atoms with Crippen LogP contribution in [0.4, 0.5) is 5.82 Å². The largest absolute Gasteiger partial charge is 0.383 e. The Morgan fingerprint density at radius 1 is 0.900 bits per heavy atom. The fourth-order valence-corrected chi connectivity index (χ4v) is 5.61. The maximum Gasteiger partial charge on any atom is 0.251 e. The van der Waals surface area contributed by atoms with Crippen LogP contribution in [0.2, 0.25) is 0 Å². The fourth-order valence-electron chi connectivity index (χ4n) is 5.61. The summed E-state index contributed by atoms with van der Waals surface area (Å²) in [4.78, 5) is 13.3. The quantitative estimate of drug-likeness (QED) is 0.460. The van der Waals surface area contributed by atoms with Crippen molar-refractivity contribution in [2.75, 3.05) is 5.73 Å². The molecule has 0 spiro atoms. The number of carbonyl (C=O) groups is 1. The van der Waals surface area contributed by atoms with Gasteiger partial charge in [-0.15, -0.1) is 0 Å². The Morgan fingerprint density at radius 3 is 2.43 bits per heavy atom. The van der Waals surface area contributed by atoms with Gasteiger partial charge in [0.2, 0.25) is 0 Å². The number of rotatable bonds is 8. The molecule has 2 atom stereocenters. The van der Waals surface area contributed by atoms with E-state index >= 15 is 0 Å². The number of nitrogens with zero attached hydrogens (tertiary/aromatic N) is 2. The second-order valence-electron chi connectivity index (χ2n) is 9.96. The molecule has 0 aromatic carbocycles. The summed E-state index contributed by atoms with van der Waals surface area (Å²) in [6.07, 6.45) is 23.7. The predicted molar refractivity (Wildman–Crippen MR) is 126 cm³/mol. The van der Waals surface area contributed by atoms with Gasteiger partial charge in [-0.25, -0.2) is 0 Å². The Kier molecular flexibility index (Phi) is 9.74. The van der Waals surface area contributed by atoms with Gasteiger partial charge in [0.15, 0.2) is 0 Å². The van der Waals surface area contributed by atoms with Gasteiger partial charge in [-0.05, 0) is 44.4 Å². The van der Waals surface area contributed by atoms with E-state index in [1.54, 1.807) is 4.68 Å². The number of aromatic nitrogens is 2. The lowest BCUT2D eigenvalue weighted by Crippen LogP contribution is -2.25. The van der Waals surface area contributed by atoms with Crippen molar-refractivity contribution in [1.29, 1.82) is 0 Å². The maximum atomic E-state index is 13.3. The highest BCUT2D eigenvalue weighted by atomic mass is 16.2. The van der Waals surface area contributed by atoms with Gasteiger partial charge in [0, 0.05) is 11.5 Å². The normalized spacial score (nSPS) is 23.1. The first-order chi connectivity index (χ1) is 14.7. The standard InChI is InChI=1S/C26H45N3O/c1-2-3-4-5-6-8-14-21-15-9-7-10-17-22(18-13-16-21)26(30)29-25(27)23-19-11-12-20-24(23)28-29/h21-22H,2-20,27H2,1H3/t21?,22-/m1/s1. The molecule has 1 saturated carbocycles. The minimum Gasteiger partial charge on any atom is -0.383 e. The SMILES string of the molecule is CCCCCCCCC1CCCCC[C@@H](C(=O)n2nc3c(c2N)CCCC3)CCC1. The Labute approximate surface area is 184 Å². The van der Waals surface area contributed by atoms with E-state index in [-0.39, 0.29) is 11.8 Å². The van der Waals surface area contributed by atoms with Crippen molar-refractivity contribution in [1.82, 2.24) is 9.78 Å². The van der Waals surface area contributed by atoms with Gasteiger partial charge in [-0.3, -0.25) is 4.79 Å². The number of aryl methyl sites for hydroxylation is 1. The molecule has 0 saturated heterocycles. The average molecular weight is 416 g/mol. The molecule has 0 radical (unpaired) electrons. The first kappa shape index (κ1) is 23.3. The molecule has 4 heteroatoms. The van der Waals surface area contributed by atoms with Gasteiger partial charge in [-0.1, -0.05) is 90.4 Å². The van der Waals surface area contributed by atoms with Crippen molar-refractivity contribution in [3.63, 3.8) is 0 Å². The zero-order valence-electron chi connectivity index (χ0n) is 19.5. The van der Waals surface area contributed by atoms with Crippen LogP contribution < -0.4 is 5.73 Å². The highest BCUT2D eigenvalue weighted by molar-refractivity contribution is 5.84. The third-order valence-electron chi connectivity index (χ3n) is 7.55. The summed E-state index contributed by atoms with van der Waals surface area (Å²) >= 11 is 0. The lowest BCUT2D eigenvalue weighted by atomic mass is 9.85. The van der Waals surface area contributed by atoms with E-state index in [0.29, 0.717) is 5.82 Å². The van der Waals surface area contributed by atoms with E-state index in [4.69, 9.17) is 5.73 Å². The van der Waals surface area contributed by atoms with E-state index in [0.717, 1.165) is 42.9 Å². The molecule has 2 aliphatic rings. The first-order valence-corrected chi connectivity index (χ1v) is 13.1. The first-order valence-electron chi connectivity index (χ1n) is 13.1. The third kappa shape index (κ3) is 6.59. The van der Waals surface area contributed by atoms with Crippen molar-refractivity contribution in [2.45, 2.75) is 129 Å². The molecule has 0 aliphatic heterocycles. The molecular weight excluding hydrogens is 370 g/mol. The molecule has 1 aromatic heterocycles. The van der Waals surface area contributed by atoms with Crippen LogP contribution in [-0.4, -0.2) is 15.7 Å². The van der Waals surface area contributed by atoms with Crippen molar-refractivity contribution in [2.24, 2.45) is 11.8 Å². The zero-order chi connectivity index (χ0) is 21.2. The number of anilines is 1. The van der Waals surface area contributed by atoms with Gasteiger partial charge < -0.3 is 5.73 Å². The number of hydrogen-bond acceptors (Lipinski definition) is 3. The Bertz CT molecular complexity index is 651. The van der Waals surface area contributed by atoms with E-state index in [1.165, 1.54) is 96.3 Å². The van der Waals surface area contributed by atoms with Crippen molar-refractivity contribution in [3.05, 3.63) is 11.3 Å². The number of unbranched alkanes of at least 4 members (excludes halogenated alkanes) is 5. The monoisotopic (exact) mass is 415 g/mol. The molecule has 3 rings (SSSR count). The molecular formula is C26H45N3O. The van der Waals surface area contributed by atoms with Gasteiger partial charge >= 0.3 is 0 Å². The van der Waals surface area contributed by atoms with E-state index in [9.17, 15) is 4.79 Å². The van der Waals surface area contributed by atoms with Crippen molar-refractivity contribution >= 4 is 11.7 Å². The van der Waals surface area contributed by atoms with Crippen LogP contribution in [0.3, 0.4) is 0 Å². The fraction of sp³-hybridized carbons (Fsp3) is 0.846. The number of nitrogen functional groups attached to an aromatic ring is 1. The Morgan fingerprint density at radius 2 is 1.60 bits per heavy atom. The number of nitrogens with two attached hydrogens (primary N) is 1. The number of carbonyl (C=O) groups excluding carboxylic acids is 1. The molecule has 1 fully saturated rings. The van der Waals surface area contributed by atoms with Crippen molar-refractivity contribution in [3.8, 4) is 0 Å². The van der Waals surface area contributed by atoms with E-state index in [2.05, 4.69) is 12.0 Å². The van der Waals surface area contributed by atoms with E-state index in [1.807, 2.05) is 0 Å². The van der Waals surface area contributed by atoms with Gasteiger partial charge in [0.25, 0.3) is 5.91 Å². The minimum absolute atomic E-state index is 0.0986. The molecule has 0 amide bonds. The van der Waals surface area contributed by atoms with E-state index < -0.39 is 0 Å². The summed E-state index contributed by atoms with van der Waals surface area (Å²) < 4.78 is 1.58. The molecule has 1 aromatic rings. The predicted octanol–water partition coefficient (Wildman–Crippen LogP) is 7.10. The van der Waals surface area contributed by atoms with Crippen LogP contribution in [0.1, 0.15) is 132 Å². The third-order valence-corrected chi connectivity index (χ3v) is 7.55. The number of fused-ring (bicyclic) bond motifs is 1. The van der Waals surface area contributed by atoms with Crippen LogP contribution in [-0.2, 0) is 12.8 Å². The second kappa shape index (κ2) is 12.5. The van der Waals surface area contributed by atoms with Crippen LogP contribution in [0.5, 0.6) is 0 Å². The minimum atomic E-state index is 0.0986. The lowest BCUT2D eigenvalue weighted by Gasteiger charge is -2.22. The summed E-state index contributed by atoms with van der Waals surface area (Å²) in [5, 5.41) is 4.65. The highest BCUT2D eigenvalue weighted by Crippen LogP contribution is 2.31. The molecule has 30 heavy (non-hydrogen) atoms. The molecule has 170 valence electrons. The van der Waals surface area contributed by atoms with Crippen LogP contribution in [0.15, 0.2) is 0 Å². The Balaban J connectivity index is 1.50. The second-order valence-corrected chi connectivity index (χ2v) is 9.96.